The molecule has 1 aliphatic rings. The number of rotatable bonds is 2. The number of hydrogen-bond donors (Lipinski definition) is 1. The van der Waals surface area contributed by atoms with Crippen molar-refractivity contribution in [2.24, 2.45) is 13.0 Å². The fourth-order valence-electron chi connectivity index (χ4n) is 1.77. The fourth-order valence-corrected chi connectivity index (χ4v) is 1.77. The highest BCUT2D eigenvalue weighted by Gasteiger charge is 2.45. The fraction of sp³-hybridized carbons (Fsp3) is 0.556. The molecule has 13 heavy (non-hydrogen) atoms. The van der Waals surface area contributed by atoms with E-state index in [1.165, 1.54) is 0 Å². The van der Waals surface area contributed by atoms with Crippen molar-refractivity contribution in [3.63, 3.8) is 0 Å². The van der Waals surface area contributed by atoms with Gasteiger partial charge in [-0.05, 0) is 19.4 Å². The van der Waals surface area contributed by atoms with Gasteiger partial charge in [0, 0.05) is 18.7 Å². The van der Waals surface area contributed by atoms with Crippen LogP contribution in [0.15, 0.2) is 6.07 Å². The van der Waals surface area contributed by atoms with Gasteiger partial charge in [-0.3, -0.25) is 9.48 Å². The van der Waals surface area contributed by atoms with E-state index < -0.39 is 5.97 Å². The maximum absolute atomic E-state index is 10.6. The van der Waals surface area contributed by atoms with E-state index in [2.05, 4.69) is 5.10 Å². The summed E-state index contributed by atoms with van der Waals surface area (Å²) in [5.41, 5.74) is 2.00. The molecule has 1 heterocycles. The second kappa shape index (κ2) is 2.58. The molecule has 0 saturated heterocycles. The Bertz CT molecular complexity index is 356. The van der Waals surface area contributed by atoms with Crippen molar-refractivity contribution in [1.82, 2.24) is 9.78 Å². The molecule has 2 unspecified atom stereocenters. The van der Waals surface area contributed by atoms with Crippen molar-refractivity contribution < 1.29 is 9.90 Å². The third-order valence-corrected chi connectivity index (χ3v) is 2.53. The number of nitrogens with zero attached hydrogens (tertiary/aromatic N) is 2. The van der Waals surface area contributed by atoms with Crippen LogP contribution in [-0.4, -0.2) is 20.9 Å². The lowest BCUT2D eigenvalue weighted by molar-refractivity contribution is -0.138. The summed E-state index contributed by atoms with van der Waals surface area (Å²) in [6.45, 7) is 1.92. The summed E-state index contributed by atoms with van der Waals surface area (Å²) < 4.78 is 1.78. The van der Waals surface area contributed by atoms with Crippen LogP contribution in [0, 0.1) is 12.8 Å². The summed E-state index contributed by atoms with van der Waals surface area (Å²) in [7, 11) is 1.86. The van der Waals surface area contributed by atoms with Crippen molar-refractivity contribution in [3.05, 3.63) is 17.5 Å². The standard InChI is InChI=1S/C9H12N2O2/c1-5-3-8(11(2)10-5)6-4-7(6)9(12)13/h3,6-7H,4H2,1-2H3,(H,12,13). The molecule has 0 amide bonds. The average molecular weight is 180 g/mol. The van der Waals surface area contributed by atoms with E-state index in [0.29, 0.717) is 0 Å². The molecule has 2 atom stereocenters. The molecule has 70 valence electrons. The van der Waals surface area contributed by atoms with E-state index in [9.17, 15) is 4.79 Å². The molecule has 0 aromatic carbocycles. The lowest BCUT2D eigenvalue weighted by atomic mass is 10.2. The Morgan fingerprint density at radius 3 is 2.85 bits per heavy atom. The predicted octanol–water partition coefficient (Wildman–Crippen LogP) is 0.917. The molecule has 1 aromatic rings. The number of carboxylic acid groups (broad SMARTS) is 1. The maximum Gasteiger partial charge on any atom is 0.307 e. The van der Waals surface area contributed by atoms with E-state index in [1.54, 1.807) is 4.68 Å². The molecule has 1 N–H and O–H groups in total. The Balaban J connectivity index is 2.20. The smallest absolute Gasteiger partial charge is 0.307 e. The Kier molecular flexibility index (Phi) is 1.65. The predicted molar refractivity (Wildman–Crippen MR) is 46.4 cm³/mol. The van der Waals surface area contributed by atoms with Crippen LogP contribution in [0.4, 0.5) is 0 Å². The molecule has 4 heteroatoms. The van der Waals surface area contributed by atoms with Crippen LogP contribution < -0.4 is 0 Å². The Morgan fingerprint density at radius 2 is 2.46 bits per heavy atom. The zero-order chi connectivity index (χ0) is 9.59. The van der Waals surface area contributed by atoms with Gasteiger partial charge in [0.1, 0.15) is 0 Å². The summed E-state index contributed by atoms with van der Waals surface area (Å²) >= 11 is 0. The average Bonchev–Trinajstić information content (AvgIpc) is 2.73. The highest BCUT2D eigenvalue weighted by molar-refractivity contribution is 5.75. The van der Waals surface area contributed by atoms with E-state index in [4.69, 9.17) is 5.11 Å². The van der Waals surface area contributed by atoms with Gasteiger partial charge in [-0.2, -0.15) is 5.10 Å². The molecule has 4 nitrogen and oxygen atoms in total. The van der Waals surface area contributed by atoms with Gasteiger partial charge in [0.15, 0.2) is 0 Å². The molecule has 2 rings (SSSR count). The number of hydrogen-bond acceptors (Lipinski definition) is 2. The molecular weight excluding hydrogens is 168 g/mol. The van der Waals surface area contributed by atoms with Gasteiger partial charge in [0.25, 0.3) is 0 Å². The number of aryl methyl sites for hydroxylation is 2. The van der Waals surface area contributed by atoms with E-state index >= 15 is 0 Å². The largest absolute Gasteiger partial charge is 0.481 e. The van der Waals surface area contributed by atoms with E-state index in [-0.39, 0.29) is 11.8 Å². The van der Waals surface area contributed by atoms with Crippen LogP contribution in [0.3, 0.4) is 0 Å². The van der Waals surface area contributed by atoms with Crippen LogP contribution in [0.5, 0.6) is 0 Å². The van der Waals surface area contributed by atoms with Crippen molar-refractivity contribution in [3.8, 4) is 0 Å². The van der Waals surface area contributed by atoms with Gasteiger partial charge in [-0.1, -0.05) is 0 Å². The van der Waals surface area contributed by atoms with Gasteiger partial charge in [0.05, 0.1) is 11.6 Å². The summed E-state index contributed by atoms with van der Waals surface area (Å²) in [4.78, 5) is 10.6. The molecule has 1 saturated carbocycles. The molecule has 0 spiro atoms. The lowest BCUT2D eigenvalue weighted by Crippen LogP contribution is -2.02. The van der Waals surface area contributed by atoms with Gasteiger partial charge >= 0.3 is 5.97 Å². The lowest BCUT2D eigenvalue weighted by Gasteiger charge is -1.97. The highest BCUT2D eigenvalue weighted by Crippen LogP contribution is 2.47. The van der Waals surface area contributed by atoms with Crippen LogP contribution in [0.1, 0.15) is 23.7 Å². The maximum atomic E-state index is 10.6. The van der Waals surface area contributed by atoms with Crippen molar-refractivity contribution in [2.45, 2.75) is 19.3 Å². The van der Waals surface area contributed by atoms with Crippen LogP contribution in [-0.2, 0) is 11.8 Å². The quantitative estimate of drug-likeness (QED) is 0.736. The monoisotopic (exact) mass is 180 g/mol. The van der Waals surface area contributed by atoms with Crippen molar-refractivity contribution in [2.75, 3.05) is 0 Å². The first-order valence-corrected chi connectivity index (χ1v) is 4.33. The Labute approximate surface area is 76.2 Å². The Morgan fingerprint density at radius 1 is 1.77 bits per heavy atom. The number of carboxylic acids is 1. The van der Waals surface area contributed by atoms with Gasteiger partial charge in [-0.15, -0.1) is 0 Å². The summed E-state index contributed by atoms with van der Waals surface area (Å²) in [6, 6.07) is 1.97. The molecule has 0 bridgehead atoms. The summed E-state index contributed by atoms with van der Waals surface area (Å²) in [5.74, 6) is -0.692. The summed E-state index contributed by atoms with van der Waals surface area (Å²) in [5, 5.41) is 12.9. The van der Waals surface area contributed by atoms with Crippen LogP contribution in [0.25, 0.3) is 0 Å². The van der Waals surface area contributed by atoms with Crippen LogP contribution >= 0.6 is 0 Å². The Hall–Kier alpha value is -1.32. The zero-order valence-corrected chi connectivity index (χ0v) is 7.69. The third kappa shape index (κ3) is 1.32. The highest BCUT2D eigenvalue weighted by atomic mass is 16.4. The van der Waals surface area contributed by atoms with Crippen LogP contribution in [0.2, 0.25) is 0 Å². The SMILES string of the molecule is Cc1cc(C2CC2C(=O)O)n(C)n1. The first-order chi connectivity index (χ1) is 6.09. The third-order valence-electron chi connectivity index (χ3n) is 2.53. The molecule has 0 aliphatic heterocycles. The molecule has 1 aromatic heterocycles. The molecule has 1 aliphatic carbocycles. The number of aromatic nitrogens is 2. The second-order valence-corrected chi connectivity index (χ2v) is 3.62. The zero-order valence-electron chi connectivity index (χ0n) is 7.69. The molecule has 1 fully saturated rings. The van der Waals surface area contributed by atoms with Crippen molar-refractivity contribution in [1.29, 1.82) is 0 Å². The number of aliphatic carboxylic acids is 1. The molecular formula is C9H12N2O2. The van der Waals surface area contributed by atoms with E-state index in [0.717, 1.165) is 17.8 Å². The van der Waals surface area contributed by atoms with Gasteiger partial charge in [0.2, 0.25) is 0 Å². The van der Waals surface area contributed by atoms with E-state index in [1.807, 2.05) is 20.0 Å². The first kappa shape index (κ1) is 8.29. The second-order valence-electron chi connectivity index (χ2n) is 3.62. The topological polar surface area (TPSA) is 55.1 Å². The minimum atomic E-state index is -0.691. The first-order valence-electron chi connectivity index (χ1n) is 4.33. The summed E-state index contributed by atoms with van der Waals surface area (Å²) in [6.07, 6.45) is 0.758. The van der Waals surface area contributed by atoms with Gasteiger partial charge < -0.3 is 5.11 Å². The molecule has 0 radical (unpaired) electrons. The number of carbonyl (C=O) groups is 1. The normalized spacial score (nSPS) is 26.0. The minimum Gasteiger partial charge on any atom is -0.481 e. The minimum absolute atomic E-state index is 0.184. The van der Waals surface area contributed by atoms with Gasteiger partial charge in [-0.25, -0.2) is 0 Å². The van der Waals surface area contributed by atoms with Crippen molar-refractivity contribution >= 4 is 5.97 Å².